The third-order valence-corrected chi connectivity index (χ3v) is 4.78. The summed E-state index contributed by atoms with van der Waals surface area (Å²) < 4.78 is 5.75. The summed E-state index contributed by atoms with van der Waals surface area (Å²) in [4.78, 5) is 11.3. The molecule has 3 aromatic heterocycles. The summed E-state index contributed by atoms with van der Waals surface area (Å²) in [5, 5.41) is 12.1. The number of rotatable bonds is 5. The van der Waals surface area contributed by atoms with Crippen molar-refractivity contribution in [3.8, 4) is 6.07 Å². The zero-order valence-corrected chi connectivity index (χ0v) is 15.2. The normalized spacial score (nSPS) is 17.0. The zero-order chi connectivity index (χ0) is 18.6. The Morgan fingerprint density at radius 2 is 2.19 bits per heavy atom. The molecule has 6 nitrogen and oxygen atoms in total. The Bertz CT molecular complexity index is 957. The summed E-state index contributed by atoms with van der Waals surface area (Å²) in [6.45, 7) is 3.82. The molecular weight excluding hydrogens is 338 g/mol. The van der Waals surface area contributed by atoms with Crippen LogP contribution in [0.15, 0.2) is 53.1 Å². The summed E-state index contributed by atoms with van der Waals surface area (Å²) in [5.74, 6) is 2.72. The second-order valence-electron chi connectivity index (χ2n) is 6.76. The highest BCUT2D eigenvalue weighted by Gasteiger charge is 2.27. The number of likely N-dealkylation sites (tertiary alicyclic amines) is 1. The van der Waals surface area contributed by atoms with E-state index >= 15 is 0 Å². The van der Waals surface area contributed by atoms with Gasteiger partial charge in [-0.1, -0.05) is 6.07 Å². The van der Waals surface area contributed by atoms with Crippen molar-refractivity contribution in [3.63, 3.8) is 0 Å². The van der Waals surface area contributed by atoms with Gasteiger partial charge in [-0.2, -0.15) is 5.26 Å². The molecule has 0 radical (unpaired) electrons. The summed E-state index contributed by atoms with van der Waals surface area (Å²) >= 11 is 0. The van der Waals surface area contributed by atoms with Crippen LogP contribution in [0.3, 0.4) is 0 Å². The first-order chi connectivity index (χ1) is 13.2. The van der Waals surface area contributed by atoms with Crippen molar-refractivity contribution in [2.75, 3.05) is 11.9 Å². The van der Waals surface area contributed by atoms with Gasteiger partial charge < -0.3 is 9.73 Å². The van der Waals surface area contributed by atoms with E-state index in [9.17, 15) is 0 Å². The maximum atomic E-state index is 8.85. The van der Waals surface area contributed by atoms with E-state index in [4.69, 9.17) is 14.7 Å². The first-order valence-electron chi connectivity index (χ1n) is 9.11. The van der Waals surface area contributed by atoms with Gasteiger partial charge in [0.1, 0.15) is 29.1 Å². The molecule has 4 rings (SSSR count). The molecule has 1 atom stereocenters. The summed E-state index contributed by atoms with van der Waals surface area (Å²) in [5.41, 5.74) is 2.27. The Balaban J connectivity index is 1.49. The number of nitrogens with zero attached hydrogens (tertiary/aromatic N) is 4. The topological polar surface area (TPSA) is 78.0 Å². The molecule has 0 saturated carbocycles. The molecular formula is C21H21N5O. The molecule has 0 aliphatic carbocycles. The van der Waals surface area contributed by atoms with E-state index in [2.05, 4.69) is 21.3 Å². The Kier molecular flexibility index (Phi) is 4.86. The lowest BCUT2D eigenvalue weighted by Crippen LogP contribution is -2.23. The monoisotopic (exact) mass is 359 g/mol. The minimum atomic E-state index is 0.288. The fourth-order valence-electron chi connectivity index (χ4n) is 3.51. The van der Waals surface area contributed by atoms with Gasteiger partial charge in [0.25, 0.3) is 0 Å². The Labute approximate surface area is 158 Å². The van der Waals surface area contributed by atoms with Crippen molar-refractivity contribution in [1.29, 1.82) is 5.26 Å². The smallest absolute Gasteiger partial charge is 0.140 e. The SMILES string of the molecule is Cc1ccc(CN2CCC[C@@H]2c2cccc(Nc3ccc(C#N)nc3)n2)o1. The largest absolute Gasteiger partial charge is 0.465 e. The number of aryl methyl sites for hydroxylation is 1. The molecule has 0 unspecified atom stereocenters. The predicted molar refractivity (Wildman–Crippen MR) is 102 cm³/mol. The van der Waals surface area contributed by atoms with E-state index in [0.29, 0.717) is 5.69 Å². The number of pyridine rings is 2. The van der Waals surface area contributed by atoms with Crippen LogP contribution in [-0.2, 0) is 6.54 Å². The third-order valence-electron chi connectivity index (χ3n) is 4.78. The summed E-state index contributed by atoms with van der Waals surface area (Å²) in [6, 6.07) is 15.9. The molecule has 1 aliphatic rings. The van der Waals surface area contributed by atoms with E-state index in [1.165, 1.54) is 0 Å². The lowest BCUT2D eigenvalue weighted by molar-refractivity contribution is 0.223. The van der Waals surface area contributed by atoms with E-state index < -0.39 is 0 Å². The molecule has 3 aromatic rings. The van der Waals surface area contributed by atoms with Crippen LogP contribution in [0, 0.1) is 18.3 Å². The standard InChI is InChI=1S/C21H21N5O/c1-15-7-10-18(27-15)14-26-11-3-5-20(26)19-4-2-6-21(25-19)24-17-9-8-16(12-22)23-13-17/h2,4,6-10,13,20H,3,5,11,14H2,1H3,(H,24,25)/t20-/m1/s1. The number of hydrogen-bond acceptors (Lipinski definition) is 6. The molecule has 6 heteroatoms. The van der Waals surface area contributed by atoms with E-state index in [1.54, 1.807) is 12.3 Å². The van der Waals surface area contributed by atoms with Crippen LogP contribution >= 0.6 is 0 Å². The highest BCUT2D eigenvalue weighted by Crippen LogP contribution is 2.33. The molecule has 4 heterocycles. The quantitative estimate of drug-likeness (QED) is 0.730. The van der Waals surface area contributed by atoms with E-state index in [1.807, 2.05) is 43.3 Å². The molecule has 0 spiro atoms. The maximum absolute atomic E-state index is 8.85. The second-order valence-corrected chi connectivity index (χ2v) is 6.76. The molecule has 0 aromatic carbocycles. The molecule has 0 bridgehead atoms. The number of nitriles is 1. The Morgan fingerprint density at radius 1 is 1.26 bits per heavy atom. The average Bonchev–Trinajstić information content (AvgIpc) is 3.32. The lowest BCUT2D eigenvalue weighted by Gasteiger charge is -2.23. The molecule has 1 fully saturated rings. The van der Waals surface area contributed by atoms with Gasteiger partial charge in [-0.25, -0.2) is 9.97 Å². The van der Waals surface area contributed by atoms with Gasteiger partial charge in [0.2, 0.25) is 0 Å². The van der Waals surface area contributed by atoms with Crippen molar-refractivity contribution in [3.05, 3.63) is 71.6 Å². The van der Waals surface area contributed by atoms with Crippen LogP contribution in [0.4, 0.5) is 11.5 Å². The van der Waals surface area contributed by atoms with Crippen molar-refractivity contribution in [2.24, 2.45) is 0 Å². The van der Waals surface area contributed by atoms with Crippen molar-refractivity contribution in [2.45, 2.75) is 32.4 Å². The highest BCUT2D eigenvalue weighted by atomic mass is 16.3. The minimum Gasteiger partial charge on any atom is -0.465 e. The van der Waals surface area contributed by atoms with E-state index in [-0.39, 0.29) is 6.04 Å². The zero-order valence-electron chi connectivity index (χ0n) is 15.2. The van der Waals surface area contributed by atoms with Gasteiger partial charge in [0.15, 0.2) is 0 Å². The van der Waals surface area contributed by atoms with Crippen LogP contribution < -0.4 is 5.32 Å². The van der Waals surface area contributed by atoms with Gasteiger partial charge in [-0.3, -0.25) is 4.90 Å². The molecule has 1 N–H and O–H groups in total. The van der Waals surface area contributed by atoms with Gasteiger partial charge in [-0.05, 0) is 62.7 Å². The number of aromatic nitrogens is 2. The van der Waals surface area contributed by atoms with Crippen LogP contribution in [0.25, 0.3) is 0 Å². The molecule has 27 heavy (non-hydrogen) atoms. The molecule has 1 aliphatic heterocycles. The lowest BCUT2D eigenvalue weighted by atomic mass is 10.1. The fraction of sp³-hybridized carbons (Fsp3) is 0.286. The number of nitrogens with one attached hydrogen (secondary N) is 1. The third kappa shape index (κ3) is 3.99. The fourth-order valence-corrected chi connectivity index (χ4v) is 3.51. The molecule has 0 amide bonds. The van der Waals surface area contributed by atoms with Crippen molar-refractivity contribution < 1.29 is 4.42 Å². The minimum absolute atomic E-state index is 0.288. The van der Waals surface area contributed by atoms with Crippen LogP contribution in [-0.4, -0.2) is 21.4 Å². The Morgan fingerprint density at radius 3 is 2.93 bits per heavy atom. The van der Waals surface area contributed by atoms with Crippen molar-refractivity contribution >= 4 is 11.5 Å². The van der Waals surface area contributed by atoms with E-state index in [0.717, 1.165) is 54.7 Å². The van der Waals surface area contributed by atoms with Gasteiger partial charge in [0, 0.05) is 0 Å². The van der Waals surface area contributed by atoms with Gasteiger partial charge in [0.05, 0.1) is 30.2 Å². The first kappa shape index (κ1) is 17.3. The van der Waals surface area contributed by atoms with Crippen LogP contribution in [0.1, 0.15) is 41.8 Å². The van der Waals surface area contributed by atoms with Gasteiger partial charge >= 0.3 is 0 Å². The van der Waals surface area contributed by atoms with Crippen molar-refractivity contribution in [1.82, 2.24) is 14.9 Å². The predicted octanol–water partition coefficient (Wildman–Crippen LogP) is 4.33. The summed E-state index contributed by atoms with van der Waals surface area (Å²) in [6.07, 6.45) is 3.89. The van der Waals surface area contributed by atoms with Crippen LogP contribution in [0.2, 0.25) is 0 Å². The summed E-state index contributed by atoms with van der Waals surface area (Å²) in [7, 11) is 0. The average molecular weight is 359 g/mol. The highest BCUT2D eigenvalue weighted by molar-refractivity contribution is 5.55. The van der Waals surface area contributed by atoms with Gasteiger partial charge in [-0.15, -0.1) is 0 Å². The number of furan rings is 1. The first-order valence-corrected chi connectivity index (χ1v) is 9.11. The Hall–Kier alpha value is -3.17. The number of anilines is 2. The van der Waals surface area contributed by atoms with Crippen LogP contribution in [0.5, 0.6) is 0 Å². The molecule has 1 saturated heterocycles. The maximum Gasteiger partial charge on any atom is 0.140 e. The second kappa shape index (κ2) is 7.60. The molecule has 136 valence electrons. The number of hydrogen-bond donors (Lipinski definition) is 1.